The summed E-state index contributed by atoms with van der Waals surface area (Å²) in [4.78, 5) is 11.2. The maximum atomic E-state index is 4.63. The number of para-hydroxylation sites is 1. The molecule has 2 aromatic rings. The van der Waals surface area contributed by atoms with Crippen molar-refractivity contribution < 1.29 is 0 Å². The molecule has 0 bridgehead atoms. The third-order valence-corrected chi connectivity index (χ3v) is 3.68. The van der Waals surface area contributed by atoms with Gasteiger partial charge < -0.3 is 10.2 Å². The highest BCUT2D eigenvalue weighted by Gasteiger charge is 2.13. The summed E-state index contributed by atoms with van der Waals surface area (Å²) in [5.74, 6) is 1.76. The van der Waals surface area contributed by atoms with Crippen LogP contribution in [0.2, 0.25) is 0 Å². The fourth-order valence-corrected chi connectivity index (χ4v) is 2.47. The predicted molar refractivity (Wildman–Crippen MR) is 87.2 cm³/mol. The van der Waals surface area contributed by atoms with E-state index in [9.17, 15) is 0 Å². The number of anilines is 3. The van der Waals surface area contributed by atoms with Gasteiger partial charge in [-0.2, -0.15) is 0 Å². The fraction of sp³-hybridized carbons (Fsp3) is 0.333. The van der Waals surface area contributed by atoms with Crippen LogP contribution in [-0.2, 0) is 0 Å². The van der Waals surface area contributed by atoms with Gasteiger partial charge in [-0.05, 0) is 31.7 Å². The van der Waals surface area contributed by atoms with Crippen LogP contribution in [0, 0.1) is 6.92 Å². The molecule has 1 heterocycles. The maximum Gasteiger partial charge on any atom is 0.191 e. The minimum Gasteiger partial charge on any atom is -0.373 e. The highest BCUT2D eigenvalue weighted by Crippen LogP contribution is 2.29. The smallest absolute Gasteiger partial charge is 0.191 e. The lowest BCUT2D eigenvalue weighted by atomic mass is 10.2. The number of hydrogen-bond acceptors (Lipinski definition) is 5. The number of benzene rings is 1. The van der Waals surface area contributed by atoms with E-state index in [1.807, 2.05) is 19.4 Å². The molecule has 0 aliphatic carbocycles. The summed E-state index contributed by atoms with van der Waals surface area (Å²) in [6.45, 7) is 5.11. The maximum absolute atomic E-state index is 4.63. The second kappa shape index (κ2) is 6.61. The van der Waals surface area contributed by atoms with Crippen molar-refractivity contribution in [3.63, 3.8) is 0 Å². The Bertz CT molecular complexity index is 564. The van der Waals surface area contributed by atoms with E-state index in [0.29, 0.717) is 0 Å². The summed E-state index contributed by atoms with van der Waals surface area (Å²) in [7, 11) is 1.88. The van der Waals surface area contributed by atoms with Gasteiger partial charge in [0.05, 0.1) is 0 Å². The average molecular weight is 288 g/mol. The summed E-state index contributed by atoms with van der Waals surface area (Å²) < 4.78 is 0. The number of thioether (sulfide) groups is 1. The zero-order chi connectivity index (χ0) is 14.5. The lowest BCUT2D eigenvalue weighted by Gasteiger charge is -2.24. The van der Waals surface area contributed by atoms with Gasteiger partial charge in [0, 0.05) is 25.3 Å². The van der Waals surface area contributed by atoms with Crippen LogP contribution in [0.5, 0.6) is 0 Å². The number of aromatic nitrogens is 2. The molecule has 0 saturated carbocycles. The molecule has 0 spiro atoms. The molecule has 1 N–H and O–H groups in total. The Morgan fingerprint density at radius 1 is 1.25 bits per heavy atom. The van der Waals surface area contributed by atoms with E-state index in [0.717, 1.165) is 23.3 Å². The van der Waals surface area contributed by atoms with Gasteiger partial charge in [0.15, 0.2) is 5.16 Å². The lowest BCUT2D eigenvalue weighted by Crippen LogP contribution is -2.19. The van der Waals surface area contributed by atoms with Gasteiger partial charge in [0.1, 0.15) is 11.6 Å². The van der Waals surface area contributed by atoms with E-state index in [1.165, 1.54) is 11.3 Å². The summed E-state index contributed by atoms with van der Waals surface area (Å²) in [6.07, 6.45) is 1.99. The van der Waals surface area contributed by atoms with Crippen molar-refractivity contribution in [3.8, 4) is 0 Å². The van der Waals surface area contributed by atoms with Crippen LogP contribution in [0.15, 0.2) is 35.5 Å². The van der Waals surface area contributed by atoms with Crippen LogP contribution in [0.25, 0.3) is 0 Å². The number of nitrogens with zero attached hydrogens (tertiary/aromatic N) is 3. The molecule has 20 heavy (non-hydrogen) atoms. The van der Waals surface area contributed by atoms with Crippen LogP contribution in [0.4, 0.5) is 17.3 Å². The molecule has 2 rings (SSSR count). The molecule has 0 radical (unpaired) electrons. The molecule has 5 heteroatoms. The predicted octanol–water partition coefficient (Wildman–Crippen LogP) is 3.71. The Morgan fingerprint density at radius 2 is 2.00 bits per heavy atom. The minimum atomic E-state index is 0.777. The standard InChI is InChI=1S/C15H20N4S/c1-5-19(12-9-7-6-8-11(12)2)14-10-13(16-3)17-15(18-14)20-4/h6-10H,5H2,1-4H3,(H,16,17,18). The molecular weight excluding hydrogens is 268 g/mol. The molecule has 1 aromatic carbocycles. The van der Waals surface area contributed by atoms with Crippen LogP contribution in [0.1, 0.15) is 12.5 Å². The minimum absolute atomic E-state index is 0.777. The van der Waals surface area contributed by atoms with E-state index in [1.54, 1.807) is 11.8 Å². The normalized spacial score (nSPS) is 10.4. The molecular formula is C15H20N4S. The van der Waals surface area contributed by atoms with Gasteiger partial charge in [-0.1, -0.05) is 30.0 Å². The van der Waals surface area contributed by atoms with Gasteiger partial charge in [-0.15, -0.1) is 0 Å². The van der Waals surface area contributed by atoms with Crippen molar-refractivity contribution in [3.05, 3.63) is 35.9 Å². The summed E-state index contributed by atoms with van der Waals surface area (Å²) in [5.41, 5.74) is 2.42. The van der Waals surface area contributed by atoms with Crippen molar-refractivity contribution in [2.24, 2.45) is 0 Å². The molecule has 0 fully saturated rings. The first-order chi connectivity index (χ1) is 9.69. The third-order valence-electron chi connectivity index (χ3n) is 3.13. The van der Waals surface area contributed by atoms with E-state index in [-0.39, 0.29) is 0 Å². The summed E-state index contributed by atoms with van der Waals surface area (Å²) in [6, 6.07) is 10.3. The van der Waals surface area contributed by atoms with E-state index in [2.05, 4.69) is 58.3 Å². The second-order valence-electron chi connectivity index (χ2n) is 4.38. The number of rotatable bonds is 5. The van der Waals surface area contributed by atoms with Crippen LogP contribution >= 0.6 is 11.8 Å². The highest BCUT2D eigenvalue weighted by molar-refractivity contribution is 7.98. The SMILES string of the molecule is CCN(c1cc(NC)nc(SC)n1)c1ccccc1C. The Labute approximate surface area is 124 Å². The Morgan fingerprint density at radius 3 is 2.60 bits per heavy atom. The zero-order valence-corrected chi connectivity index (χ0v) is 13.2. The number of nitrogens with one attached hydrogen (secondary N) is 1. The summed E-state index contributed by atoms with van der Waals surface area (Å²) in [5, 5.41) is 3.87. The first-order valence-electron chi connectivity index (χ1n) is 6.63. The molecule has 0 aliphatic rings. The number of hydrogen-bond donors (Lipinski definition) is 1. The van der Waals surface area contributed by atoms with Gasteiger partial charge >= 0.3 is 0 Å². The van der Waals surface area contributed by atoms with Gasteiger partial charge in [0.2, 0.25) is 0 Å². The van der Waals surface area contributed by atoms with Crippen molar-refractivity contribution in [1.82, 2.24) is 9.97 Å². The molecule has 1 aromatic heterocycles. The second-order valence-corrected chi connectivity index (χ2v) is 5.15. The van der Waals surface area contributed by atoms with Crippen LogP contribution in [0.3, 0.4) is 0 Å². The topological polar surface area (TPSA) is 41.0 Å². The first-order valence-corrected chi connectivity index (χ1v) is 7.86. The van der Waals surface area contributed by atoms with Crippen molar-refractivity contribution in [2.45, 2.75) is 19.0 Å². The molecule has 4 nitrogen and oxygen atoms in total. The zero-order valence-electron chi connectivity index (χ0n) is 12.3. The third kappa shape index (κ3) is 3.04. The van der Waals surface area contributed by atoms with Crippen LogP contribution < -0.4 is 10.2 Å². The molecule has 0 amide bonds. The van der Waals surface area contributed by atoms with Gasteiger partial charge in [-0.25, -0.2) is 9.97 Å². The number of aryl methyl sites for hydroxylation is 1. The molecule has 0 saturated heterocycles. The van der Waals surface area contributed by atoms with Crippen LogP contribution in [-0.4, -0.2) is 29.8 Å². The Balaban J connectivity index is 2.49. The van der Waals surface area contributed by atoms with Gasteiger partial charge in [0.25, 0.3) is 0 Å². The Kier molecular flexibility index (Phi) is 4.84. The molecule has 0 aliphatic heterocycles. The highest BCUT2D eigenvalue weighted by atomic mass is 32.2. The average Bonchev–Trinajstić information content (AvgIpc) is 2.49. The monoisotopic (exact) mass is 288 g/mol. The van der Waals surface area contributed by atoms with Gasteiger partial charge in [-0.3, -0.25) is 0 Å². The quantitative estimate of drug-likeness (QED) is 0.671. The van der Waals surface area contributed by atoms with Crippen molar-refractivity contribution in [2.75, 3.05) is 30.1 Å². The molecule has 0 atom stereocenters. The van der Waals surface area contributed by atoms with E-state index in [4.69, 9.17) is 0 Å². The largest absolute Gasteiger partial charge is 0.373 e. The van der Waals surface area contributed by atoms with E-state index >= 15 is 0 Å². The fourth-order valence-electron chi connectivity index (χ4n) is 2.09. The lowest BCUT2D eigenvalue weighted by molar-refractivity contribution is 0.909. The Hall–Kier alpha value is -1.75. The first kappa shape index (κ1) is 14.7. The molecule has 0 unspecified atom stereocenters. The van der Waals surface area contributed by atoms with Crippen molar-refractivity contribution in [1.29, 1.82) is 0 Å². The summed E-state index contributed by atoms with van der Waals surface area (Å²) >= 11 is 1.55. The van der Waals surface area contributed by atoms with E-state index < -0.39 is 0 Å². The van der Waals surface area contributed by atoms with Crippen molar-refractivity contribution >= 4 is 29.1 Å². The molecule has 106 valence electrons.